The predicted octanol–water partition coefficient (Wildman–Crippen LogP) is 3.88. The van der Waals surface area contributed by atoms with Crippen LogP contribution in [0, 0.1) is 13.8 Å². The number of hydrogen-bond acceptors (Lipinski definition) is 5. The van der Waals surface area contributed by atoms with Gasteiger partial charge in [0.2, 0.25) is 15.9 Å². The van der Waals surface area contributed by atoms with Crippen LogP contribution in [-0.4, -0.2) is 31.7 Å². The SMILES string of the molecule is CCn1c(=O)sc2cc(NC(=O)CCCN(c3cc(C)cc(C)c3)S(C)(=O)=O)ccc21. The molecule has 0 aliphatic carbocycles. The average Bonchev–Trinajstić information content (AvgIpc) is 2.97. The van der Waals surface area contributed by atoms with E-state index in [0.717, 1.165) is 32.7 Å². The zero-order chi connectivity index (χ0) is 22.8. The standard InChI is InChI=1S/C22H27N3O4S2/c1-5-24-19-9-8-17(14-20(19)30-22(24)27)23-21(26)7-6-10-25(31(4,28)29)18-12-15(2)11-16(3)13-18/h8-9,11-14H,5-7,10H2,1-4H3,(H,23,26). The zero-order valence-corrected chi connectivity index (χ0v) is 19.8. The number of carbonyl (C=O) groups excluding carboxylic acids is 1. The summed E-state index contributed by atoms with van der Waals surface area (Å²) in [6.07, 6.45) is 1.74. The number of hydrogen-bond donors (Lipinski definition) is 1. The Morgan fingerprint density at radius 2 is 1.81 bits per heavy atom. The van der Waals surface area contributed by atoms with Crippen molar-refractivity contribution in [2.75, 3.05) is 22.4 Å². The summed E-state index contributed by atoms with van der Waals surface area (Å²) in [6, 6.07) is 11.0. The first-order valence-corrected chi connectivity index (χ1v) is 12.7. The smallest absolute Gasteiger partial charge is 0.308 e. The van der Waals surface area contributed by atoms with Gasteiger partial charge >= 0.3 is 4.87 Å². The fourth-order valence-corrected chi connectivity index (χ4v) is 5.57. The van der Waals surface area contributed by atoms with Crippen molar-refractivity contribution in [1.29, 1.82) is 0 Å². The number of amides is 1. The molecule has 1 N–H and O–H groups in total. The molecule has 31 heavy (non-hydrogen) atoms. The van der Waals surface area contributed by atoms with Gasteiger partial charge in [-0.2, -0.15) is 0 Å². The molecule has 0 aliphatic rings. The van der Waals surface area contributed by atoms with Crippen molar-refractivity contribution in [3.63, 3.8) is 0 Å². The first kappa shape index (κ1) is 23.0. The van der Waals surface area contributed by atoms with Gasteiger partial charge in [-0.15, -0.1) is 0 Å². The van der Waals surface area contributed by atoms with E-state index in [1.807, 2.05) is 45.0 Å². The molecule has 0 saturated heterocycles. The van der Waals surface area contributed by atoms with Crippen LogP contribution in [0.2, 0.25) is 0 Å². The van der Waals surface area contributed by atoms with Gasteiger partial charge in [-0.05, 0) is 68.7 Å². The molecule has 3 rings (SSSR count). The number of thiazole rings is 1. The summed E-state index contributed by atoms with van der Waals surface area (Å²) in [5, 5.41) is 2.84. The van der Waals surface area contributed by atoms with Crippen LogP contribution in [0.3, 0.4) is 0 Å². The van der Waals surface area contributed by atoms with E-state index in [2.05, 4.69) is 5.32 Å². The van der Waals surface area contributed by atoms with Crippen LogP contribution in [0.15, 0.2) is 41.2 Å². The van der Waals surface area contributed by atoms with Crippen molar-refractivity contribution < 1.29 is 13.2 Å². The number of nitrogens with zero attached hydrogens (tertiary/aromatic N) is 2. The van der Waals surface area contributed by atoms with E-state index >= 15 is 0 Å². The first-order chi connectivity index (χ1) is 14.6. The molecular formula is C22H27N3O4S2. The molecule has 0 fully saturated rings. The van der Waals surface area contributed by atoms with Gasteiger partial charge in [-0.1, -0.05) is 17.4 Å². The lowest BCUT2D eigenvalue weighted by Crippen LogP contribution is -2.31. The lowest BCUT2D eigenvalue weighted by molar-refractivity contribution is -0.116. The molecule has 1 amide bonds. The topological polar surface area (TPSA) is 88.5 Å². The molecule has 2 aromatic carbocycles. The maximum absolute atomic E-state index is 12.4. The van der Waals surface area contributed by atoms with Gasteiger partial charge in [0.1, 0.15) is 0 Å². The van der Waals surface area contributed by atoms with Crippen LogP contribution in [0.5, 0.6) is 0 Å². The molecule has 7 nitrogen and oxygen atoms in total. The molecule has 1 aromatic heterocycles. The van der Waals surface area contributed by atoms with Crippen LogP contribution < -0.4 is 14.5 Å². The maximum atomic E-state index is 12.4. The van der Waals surface area contributed by atoms with E-state index in [9.17, 15) is 18.0 Å². The van der Waals surface area contributed by atoms with Gasteiger partial charge in [-0.25, -0.2) is 8.42 Å². The van der Waals surface area contributed by atoms with Gasteiger partial charge in [0.15, 0.2) is 0 Å². The molecule has 1 heterocycles. The molecule has 0 spiro atoms. The number of anilines is 2. The van der Waals surface area contributed by atoms with E-state index in [1.54, 1.807) is 16.7 Å². The maximum Gasteiger partial charge on any atom is 0.308 e. The van der Waals surface area contributed by atoms with Crippen LogP contribution >= 0.6 is 11.3 Å². The molecule has 0 atom stereocenters. The van der Waals surface area contributed by atoms with Crippen LogP contribution in [-0.2, 0) is 21.4 Å². The minimum atomic E-state index is -3.47. The third kappa shape index (κ3) is 5.54. The molecule has 3 aromatic rings. The Morgan fingerprint density at radius 3 is 2.42 bits per heavy atom. The van der Waals surface area contributed by atoms with Crippen molar-refractivity contribution in [1.82, 2.24) is 4.57 Å². The highest BCUT2D eigenvalue weighted by Crippen LogP contribution is 2.23. The fourth-order valence-electron chi connectivity index (χ4n) is 3.63. The third-order valence-electron chi connectivity index (χ3n) is 4.93. The predicted molar refractivity (Wildman–Crippen MR) is 128 cm³/mol. The van der Waals surface area contributed by atoms with E-state index in [1.165, 1.54) is 10.6 Å². The van der Waals surface area contributed by atoms with E-state index < -0.39 is 10.0 Å². The highest BCUT2D eigenvalue weighted by molar-refractivity contribution is 7.92. The minimum Gasteiger partial charge on any atom is -0.326 e. The molecular weight excluding hydrogens is 434 g/mol. The van der Waals surface area contributed by atoms with Crippen LogP contribution in [0.4, 0.5) is 11.4 Å². The number of aryl methyl sites for hydroxylation is 3. The fraction of sp³-hybridized carbons (Fsp3) is 0.364. The van der Waals surface area contributed by atoms with Crippen molar-refractivity contribution in [3.05, 3.63) is 57.2 Å². The monoisotopic (exact) mass is 461 g/mol. The molecule has 9 heteroatoms. The lowest BCUT2D eigenvalue weighted by atomic mass is 10.1. The van der Waals surface area contributed by atoms with Crippen molar-refractivity contribution in [3.8, 4) is 0 Å². The number of sulfonamides is 1. The Morgan fingerprint density at radius 1 is 1.13 bits per heavy atom. The van der Waals surface area contributed by atoms with E-state index in [0.29, 0.717) is 24.3 Å². The van der Waals surface area contributed by atoms with E-state index in [-0.39, 0.29) is 23.7 Å². The quantitative estimate of drug-likeness (QED) is 0.551. The summed E-state index contributed by atoms with van der Waals surface area (Å²) >= 11 is 1.15. The number of carbonyl (C=O) groups is 1. The Bertz CT molecular complexity index is 1260. The van der Waals surface area contributed by atoms with Crippen LogP contribution in [0.1, 0.15) is 30.9 Å². The third-order valence-corrected chi connectivity index (χ3v) is 7.06. The number of rotatable bonds is 8. The van der Waals surface area contributed by atoms with Crippen molar-refractivity contribution >= 4 is 48.9 Å². The average molecular weight is 462 g/mol. The number of nitrogens with one attached hydrogen (secondary N) is 1. The lowest BCUT2D eigenvalue weighted by Gasteiger charge is -2.23. The number of benzene rings is 2. The minimum absolute atomic E-state index is 0.0202. The summed E-state index contributed by atoms with van der Waals surface area (Å²) in [5.74, 6) is -0.199. The second kappa shape index (κ2) is 9.23. The molecule has 0 aliphatic heterocycles. The summed E-state index contributed by atoms with van der Waals surface area (Å²) in [7, 11) is -3.47. The van der Waals surface area contributed by atoms with Crippen LogP contribution in [0.25, 0.3) is 10.2 Å². The normalized spacial score (nSPS) is 11.6. The molecule has 166 valence electrons. The highest BCUT2D eigenvalue weighted by atomic mass is 32.2. The first-order valence-electron chi connectivity index (χ1n) is 10.1. The Kier molecular flexibility index (Phi) is 6.86. The van der Waals surface area contributed by atoms with Crippen molar-refractivity contribution in [2.24, 2.45) is 0 Å². The van der Waals surface area contributed by atoms with E-state index in [4.69, 9.17) is 0 Å². The largest absolute Gasteiger partial charge is 0.326 e. The Labute approximate surface area is 186 Å². The molecule has 0 saturated carbocycles. The zero-order valence-electron chi connectivity index (χ0n) is 18.1. The van der Waals surface area contributed by atoms with Crippen molar-refractivity contribution in [2.45, 2.75) is 40.2 Å². The number of aromatic nitrogens is 1. The van der Waals surface area contributed by atoms with Gasteiger partial charge < -0.3 is 5.32 Å². The second-order valence-electron chi connectivity index (χ2n) is 7.63. The summed E-state index contributed by atoms with van der Waals surface area (Å²) in [5.41, 5.74) is 4.05. The molecule has 0 bridgehead atoms. The van der Waals surface area contributed by atoms with Gasteiger partial charge in [-0.3, -0.25) is 18.5 Å². The molecule has 0 radical (unpaired) electrons. The van der Waals surface area contributed by atoms with Gasteiger partial charge in [0.25, 0.3) is 0 Å². The second-order valence-corrected chi connectivity index (χ2v) is 10.5. The Hall–Kier alpha value is -2.65. The van der Waals surface area contributed by atoms with Gasteiger partial charge in [0.05, 0.1) is 22.2 Å². The Balaban J connectivity index is 1.65. The highest BCUT2D eigenvalue weighted by Gasteiger charge is 2.18. The van der Waals surface area contributed by atoms with Gasteiger partial charge in [0, 0.05) is 25.2 Å². The summed E-state index contributed by atoms with van der Waals surface area (Å²) < 4.78 is 28.5. The number of fused-ring (bicyclic) bond motifs is 1. The summed E-state index contributed by atoms with van der Waals surface area (Å²) in [4.78, 5) is 24.4. The molecule has 0 unspecified atom stereocenters. The summed E-state index contributed by atoms with van der Waals surface area (Å²) in [6.45, 7) is 6.58.